The average Bonchev–Trinajstić information content (AvgIpc) is 3.36. The molecule has 0 bridgehead atoms. The van der Waals surface area contributed by atoms with Gasteiger partial charge in [-0.1, -0.05) is 13.0 Å². The predicted octanol–water partition coefficient (Wildman–Crippen LogP) is 2.85. The Labute approximate surface area is 160 Å². The highest BCUT2D eigenvalue weighted by molar-refractivity contribution is 5.94. The van der Waals surface area contributed by atoms with Crippen molar-refractivity contribution in [3.05, 3.63) is 46.9 Å². The van der Waals surface area contributed by atoms with Crippen LogP contribution in [0.3, 0.4) is 0 Å². The van der Waals surface area contributed by atoms with Gasteiger partial charge in [-0.3, -0.25) is 4.79 Å². The summed E-state index contributed by atoms with van der Waals surface area (Å²) in [6, 6.07) is 5.76. The molecule has 0 atom stereocenters. The monoisotopic (exact) mass is 369 g/mol. The van der Waals surface area contributed by atoms with E-state index in [-0.39, 0.29) is 5.91 Å². The van der Waals surface area contributed by atoms with E-state index in [0.29, 0.717) is 19.0 Å². The minimum absolute atomic E-state index is 0.159. The Bertz CT molecular complexity index is 794. The molecule has 3 aliphatic rings. The number of likely N-dealkylation sites (tertiary alicyclic amines) is 1. The van der Waals surface area contributed by atoms with Gasteiger partial charge in [-0.2, -0.15) is 0 Å². The number of carbonyl (C=O) groups excluding carboxylic acids is 1. The second-order valence-corrected chi connectivity index (χ2v) is 7.27. The van der Waals surface area contributed by atoms with E-state index in [2.05, 4.69) is 10.2 Å². The number of aromatic hydroxyl groups is 1. The summed E-state index contributed by atoms with van der Waals surface area (Å²) in [5.41, 5.74) is 3.74. The maximum atomic E-state index is 12.6. The highest BCUT2D eigenvalue weighted by atomic mass is 16.5. The molecule has 0 spiro atoms. The zero-order chi connectivity index (χ0) is 18.8. The highest BCUT2D eigenvalue weighted by Gasteiger charge is 2.31. The molecule has 2 heterocycles. The second-order valence-electron chi connectivity index (χ2n) is 7.27. The van der Waals surface area contributed by atoms with Crippen molar-refractivity contribution >= 4 is 11.6 Å². The Kier molecular flexibility index (Phi) is 5.07. The molecule has 1 aromatic carbocycles. The number of ether oxygens (including phenoxy) is 1. The standard InChI is InChI=1S/C21H27N3O3/c1-2-22-13-16-5-7-17(12-19(16)25)24-14-27-20-11-15(6-8-18(20)24)21(26)23-9-3-4-10-23/h5,7,11-12,22,25H,2-4,6,8-10,13-14H2,1H3. The molecule has 2 N–H and O–H groups in total. The molecule has 1 aliphatic carbocycles. The van der Waals surface area contributed by atoms with E-state index in [1.807, 2.05) is 30.0 Å². The smallest absolute Gasteiger partial charge is 0.249 e. The summed E-state index contributed by atoms with van der Waals surface area (Å²) in [4.78, 5) is 16.7. The van der Waals surface area contributed by atoms with Gasteiger partial charge in [0, 0.05) is 42.5 Å². The van der Waals surface area contributed by atoms with Gasteiger partial charge in [-0.05, 0) is 44.4 Å². The number of phenolic OH excluding ortho intramolecular Hbond substituents is 1. The van der Waals surface area contributed by atoms with Gasteiger partial charge in [-0.15, -0.1) is 0 Å². The van der Waals surface area contributed by atoms with Crippen molar-refractivity contribution in [3.8, 4) is 5.75 Å². The third-order valence-corrected chi connectivity index (χ3v) is 5.51. The lowest BCUT2D eigenvalue weighted by Crippen LogP contribution is -2.30. The van der Waals surface area contributed by atoms with Crippen LogP contribution in [0.2, 0.25) is 0 Å². The Balaban J connectivity index is 1.52. The summed E-state index contributed by atoms with van der Waals surface area (Å²) in [7, 11) is 0. The summed E-state index contributed by atoms with van der Waals surface area (Å²) in [5, 5.41) is 13.6. The third-order valence-electron chi connectivity index (χ3n) is 5.51. The van der Waals surface area contributed by atoms with Crippen molar-refractivity contribution < 1.29 is 14.6 Å². The number of benzene rings is 1. The van der Waals surface area contributed by atoms with Crippen molar-refractivity contribution in [2.75, 3.05) is 31.3 Å². The fourth-order valence-corrected chi connectivity index (χ4v) is 3.95. The minimum Gasteiger partial charge on any atom is -0.508 e. The molecule has 1 amide bonds. The van der Waals surface area contributed by atoms with E-state index in [1.54, 1.807) is 6.07 Å². The molecule has 0 aromatic heterocycles. The van der Waals surface area contributed by atoms with Gasteiger partial charge < -0.3 is 25.0 Å². The van der Waals surface area contributed by atoms with E-state index >= 15 is 0 Å². The fourth-order valence-electron chi connectivity index (χ4n) is 3.95. The number of carbonyl (C=O) groups is 1. The first kappa shape index (κ1) is 17.9. The quantitative estimate of drug-likeness (QED) is 0.836. The lowest BCUT2D eigenvalue weighted by molar-refractivity contribution is -0.126. The number of phenols is 1. The SMILES string of the molecule is CCNCc1ccc(N2COC3=C2CCC(C(=O)N2CCCC2)=C3)cc1O. The first-order chi connectivity index (χ1) is 13.2. The summed E-state index contributed by atoms with van der Waals surface area (Å²) in [6.07, 6.45) is 5.63. The van der Waals surface area contributed by atoms with E-state index in [4.69, 9.17) is 4.74 Å². The van der Waals surface area contributed by atoms with Crippen LogP contribution in [0.1, 0.15) is 38.2 Å². The number of amides is 1. The van der Waals surface area contributed by atoms with Gasteiger partial charge in [-0.25, -0.2) is 0 Å². The van der Waals surface area contributed by atoms with Gasteiger partial charge in [0.05, 0.1) is 5.70 Å². The summed E-state index contributed by atoms with van der Waals surface area (Å²) in [6.45, 7) is 5.71. The maximum absolute atomic E-state index is 12.6. The van der Waals surface area contributed by atoms with E-state index < -0.39 is 0 Å². The summed E-state index contributed by atoms with van der Waals surface area (Å²) >= 11 is 0. The number of hydrogen-bond acceptors (Lipinski definition) is 5. The first-order valence-electron chi connectivity index (χ1n) is 9.83. The van der Waals surface area contributed by atoms with Crippen LogP contribution in [-0.4, -0.2) is 42.3 Å². The zero-order valence-electron chi connectivity index (χ0n) is 15.8. The molecule has 0 unspecified atom stereocenters. The van der Waals surface area contributed by atoms with Crippen LogP contribution >= 0.6 is 0 Å². The number of anilines is 1. The molecule has 6 heteroatoms. The van der Waals surface area contributed by atoms with Crippen molar-refractivity contribution in [3.63, 3.8) is 0 Å². The molecule has 1 saturated heterocycles. The largest absolute Gasteiger partial charge is 0.508 e. The Morgan fingerprint density at radius 3 is 2.81 bits per heavy atom. The molecule has 1 fully saturated rings. The topological polar surface area (TPSA) is 65.0 Å². The molecule has 0 radical (unpaired) electrons. The fraction of sp³-hybridized carbons (Fsp3) is 0.476. The van der Waals surface area contributed by atoms with Gasteiger partial charge in [0.1, 0.15) is 11.5 Å². The predicted molar refractivity (Wildman–Crippen MR) is 104 cm³/mol. The molecule has 6 nitrogen and oxygen atoms in total. The second kappa shape index (κ2) is 7.64. The number of nitrogens with one attached hydrogen (secondary N) is 1. The van der Waals surface area contributed by atoms with Crippen molar-refractivity contribution in [1.82, 2.24) is 10.2 Å². The first-order valence-corrected chi connectivity index (χ1v) is 9.83. The van der Waals surface area contributed by atoms with Gasteiger partial charge in [0.15, 0.2) is 6.73 Å². The number of rotatable bonds is 5. The molecule has 144 valence electrons. The van der Waals surface area contributed by atoms with Crippen molar-refractivity contribution in [2.45, 2.75) is 39.2 Å². The van der Waals surface area contributed by atoms with Crippen LogP contribution in [0.15, 0.2) is 41.3 Å². The highest BCUT2D eigenvalue weighted by Crippen LogP contribution is 2.37. The van der Waals surface area contributed by atoms with Crippen molar-refractivity contribution in [2.24, 2.45) is 0 Å². The molecular weight excluding hydrogens is 342 g/mol. The van der Waals surface area contributed by atoms with E-state index in [9.17, 15) is 9.90 Å². The Morgan fingerprint density at radius 2 is 2.07 bits per heavy atom. The van der Waals surface area contributed by atoms with Gasteiger partial charge in [0.25, 0.3) is 0 Å². The lowest BCUT2D eigenvalue weighted by atomic mass is 9.99. The van der Waals surface area contributed by atoms with Crippen LogP contribution in [-0.2, 0) is 16.1 Å². The van der Waals surface area contributed by atoms with Gasteiger partial charge in [0.2, 0.25) is 5.91 Å². The van der Waals surface area contributed by atoms with E-state index in [0.717, 1.165) is 73.6 Å². The molecule has 4 rings (SSSR count). The molecular formula is C21H27N3O3. The van der Waals surface area contributed by atoms with Crippen LogP contribution in [0.4, 0.5) is 5.69 Å². The van der Waals surface area contributed by atoms with E-state index in [1.165, 1.54) is 0 Å². The normalized spacial score (nSPS) is 19.2. The Morgan fingerprint density at radius 1 is 1.26 bits per heavy atom. The third kappa shape index (κ3) is 3.54. The minimum atomic E-state index is 0.159. The molecule has 0 saturated carbocycles. The van der Waals surface area contributed by atoms with Crippen LogP contribution < -0.4 is 10.2 Å². The molecule has 1 aromatic rings. The summed E-state index contributed by atoms with van der Waals surface area (Å²) in [5.74, 6) is 1.24. The maximum Gasteiger partial charge on any atom is 0.249 e. The number of nitrogens with zero attached hydrogens (tertiary/aromatic N) is 2. The van der Waals surface area contributed by atoms with Crippen molar-refractivity contribution in [1.29, 1.82) is 0 Å². The van der Waals surface area contributed by atoms with Crippen LogP contribution in [0.5, 0.6) is 5.75 Å². The van der Waals surface area contributed by atoms with Gasteiger partial charge >= 0.3 is 0 Å². The zero-order valence-corrected chi connectivity index (χ0v) is 15.8. The average molecular weight is 369 g/mol. The van der Waals surface area contributed by atoms with Crippen LogP contribution in [0, 0.1) is 0 Å². The Hall–Kier alpha value is -2.47. The van der Waals surface area contributed by atoms with Crippen LogP contribution in [0.25, 0.3) is 0 Å². The number of hydrogen-bond donors (Lipinski definition) is 2. The molecule has 2 aliphatic heterocycles. The lowest BCUT2D eigenvalue weighted by Gasteiger charge is -2.24. The molecule has 27 heavy (non-hydrogen) atoms. The summed E-state index contributed by atoms with van der Waals surface area (Å²) < 4.78 is 5.87. The number of allylic oxidation sites excluding steroid dienone is 2.